The molecule has 1 aliphatic heterocycles. The van der Waals surface area contributed by atoms with Gasteiger partial charge in [0.15, 0.2) is 0 Å². The van der Waals surface area contributed by atoms with Crippen LogP contribution in [-0.2, 0) is 6.54 Å². The minimum atomic E-state index is -0.536. The van der Waals surface area contributed by atoms with Crippen molar-refractivity contribution in [2.75, 3.05) is 6.54 Å². The Hall–Kier alpha value is -1.36. The van der Waals surface area contributed by atoms with Gasteiger partial charge < -0.3 is 9.52 Å². The smallest absolute Gasteiger partial charge is 0.132 e. The first-order valence-corrected chi connectivity index (χ1v) is 7.66. The molecule has 0 aromatic carbocycles. The number of likely N-dealkylation sites (tertiary alicyclic amines) is 1. The Morgan fingerprint density at radius 3 is 3.14 bits per heavy atom. The Kier molecular flexibility index (Phi) is 4.58. The van der Waals surface area contributed by atoms with Crippen molar-refractivity contribution in [3.05, 3.63) is 53.2 Å². The fraction of sp³-hybridized carbons (Fsp3) is 0.438. The summed E-state index contributed by atoms with van der Waals surface area (Å²) in [6.07, 6.45) is 5.77. The SMILES string of the molecule is OC(CC1CCCN1Cc1ccnc(Cl)c1)c1ccco1. The summed E-state index contributed by atoms with van der Waals surface area (Å²) in [6, 6.07) is 7.90. The number of aliphatic hydroxyl groups is 1. The van der Waals surface area contributed by atoms with E-state index in [9.17, 15) is 5.11 Å². The van der Waals surface area contributed by atoms with E-state index in [0.717, 1.165) is 31.5 Å². The molecule has 1 saturated heterocycles. The molecular formula is C16H19ClN2O2. The summed E-state index contributed by atoms with van der Waals surface area (Å²) in [6.45, 7) is 1.90. The van der Waals surface area contributed by atoms with E-state index in [4.69, 9.17) is 16.0 Å². The first-order valence-electron chi connectivity index (χ1n) is 7.28. The molecule has 5 heteroatoms. The number of hydrogen-bond donors (Lipinski definition) is 1. The third kappa shape index (κ3) is 3.64. The van der Waals surface area contributed by atoms with Crippen LogP contribution in [0.1, 0.15) is 36.7 Å². The van der Waals surface area contributed by atoms with Crippen molar-refractivity contribution >= 4 is 11.6 Å². The second-order valence-electron chi connectivity index (χ2n) is 5.52. The Balaban J connectivity index is 1.63. The van der Waals surface area contributed by atoms with Gasteiger partial charge in [0.2, 0.25) is 0 Å². The quantitative estimate of drug-likeness (QED) is 0.860. The number of aromatic nitrogens is 1. The molecule has 2 atom stereocenters. The van der Waals surface area contributed by atoms with Gasteiger partial charge in [-0.15, -0.1) is 0 Å². The largest absolute Gasteiger partial charge is 0.467 e. The molecule has 0 spiro atoms. The summed E-state index contributed by atoms with van der Waals surface area (Å²) in [7, 11) is 0. The third-order valence-electron chi connectivity index (χ3n) is 4.04. The summed E-state index contributed by atoms with van der Waals surface area (Å²) in [4.78, 5) is 6.41. The third-order valence-corrected chi connectivity index (χ3v) is 4.25. The number of pyridine rings is 1. The molecule has 2 unspecified atom stereocenters. The predicted octanol–water partition coefficient (Wildman–Crippen LogP) is 3.42. The van der Waals surface area contributed by atoms with Gasteiger partial charge in [0.1, 0.15) is 17.0 Å². The van der Waals surface area contributed by atoms with Crippen LogP contribution in [-0.4, -0.2) is 27.6 Å². The fourth-order valence-corrected chi connectivity index (χ4v) is 3.20. The van der Waals surface area contributed by atoms with Crippen LogP contribution in [0, 0.1) is 0 Å². The van der Waals surface area contributed by atoms with Crippen LogP contribution in [0.2, 0.25) is 5.15 Å². The lowest BCUT2D eigenvalue weighted by atomic mass is 10.0. The van der Waals surface area contributed by atoms with Crippen LogP contribution in [0.25, 0.3) is 0 Å². The first kappa shape index (κ1) is 14.6. The summed E-state index contributed by atoms with van der Waals surface area (Å²) in [5.74, 6) is 0.647. The molecule has 2 aromatic heterocycles. The number of nitrogens with zero attached hydrogens (tertiary/aromatic N) is 2. The van der Waals surface area contributed by atoms with Crippen LogP contribution in [0.5, 0.6) is 0 Å². The van der Waals surface area contributed by atoms with Crippen molar-refractivity contribution in [1.82, 2.24) is 9.88 Å². The van der Waals surface area contributed by atoms with Crippen molar-refractivity contribution in [1.29, 1.82) is 0 Å². The molecule has 1 aliphatic rings. The average Bonchev–Trinajstić information content (AvgIpc) is 3.11. The van der Waals surface area contributed by atoms with E-state index in [-0.39, 0.29) is 0 Å². The van der Waals surface area contributed by atoms with E-state index in [1.54, 1.807) is 12.5 Å². The molecule has 1 N–H and O–H groups in total. The lowest BCUT2D eigenvalue weighted by molar-refractivity contribution is 0.0995. The van der Waals surface area contributed by atoms with E-state index in [1.807, 2.05) is 24.3 Å². The molecule has 0 aliphatic carbocycles. The molecule has 0 bridgehead atoms. The van der Waals surface area contributed by atoms with E-state index >= 15 is 0 Å². The fourth-order valence-electron chi connectivity index (χ4n) is 3.00. The lowest BCUT2D eigenvalue weighted by Gasteiger charge is -2.26. The maximum atomic E-state index is 10.2. The zero-order valence-corrected chi connectivity index (χ0v) is 12.5. The van der Waals surface area contributed by atoms with Gasteiger partial charge in [-0.3, -0.25) is 4.90 Å². The summed E-state index contributed by atoms with van der Waals surface area (Å²) in [5.41, 5.74) is 1.16. The van der Waals surface area contributed by atoms with E-state index in [2.05, 4.69) is 9.88 Å². The molecule has 3 rings (SSSR count). The van der Waals surface area contributed by atoms with E-state index < -0.39 is 6.10 Å². The molecular weight excluding hydrogens is 288 g/mol. The highest BCUT2D eigenvalue weighted by atomic mass is 35.5. The van der Waals surface area contributed by atoms with Crippen molar-refractivity contribution in [2.45, 2.75) is 38.0 Å². The molecule has 3 heterocycles. The topological polar surface area (TPSA) is 49.5 Å². The standard InChI is InChI=1S/C16H19ClN2O2/c17-16-9-12(5-6-18-16)11-19-7-1-3-13(19)10-14(20)15-4-2-8-21-15/h2,4-6,8-9,13-14,20H,1,3,7,10-11H2. The second kappa shape index (κ2) is 6.60. The molecule has 112 valence electrons. The van der Waals surface area contributed by atoms with Gasteiger partial charge in [0.25, 0.3) is 0 Å². The molecule has 0 radical (unpaired) electrons. The van der Waals surface area contributed by atoms with E-state index in [0.29, 0.717) is 23.4 Å². The van der Waals surface area contributed by atoms with Gasteiger partial charge in [0.05, 0.1) is 6.26 Å². The molecule has 2 aromatic rings. The zero-order valence-electron chi connectivity index (χ0n) is 11.8. The summed E-state index contributed by atoms with van der Waals surface area (Å²) in [5, 5.41) is 10.8. The van der Waals surface area contributed by atoms with Crippen LogP contribution < -0.4 is 0 Å². The van der Waals surface area contributed by atoms with Gasteiger partial charge >= 0.3 is 0 Å². The van der Waals surface area contributed by atoms with Crippen LogP contribution >= 0.6 is 11.6 Å². The van der Waals surface area contributed by atoms with Crippen LogP contribution in [0.15, 0.2) is 41.1 Å². The molecule has 4 nitrogen and oxygen atoms in total. The monoisotopic (exact) mass is 306 g/mol. The van der Waals surface area contributed by atoms with Gasteiger partial charge in [0, 0.05) is 18.8 Å². The van der Waals surface area contributed by atoms with Gasteiger partial charge in [-0.25, -0.2) is 4.98 Å². The maximum absolute atomic E-state index is 10.2. The number of furan rings is 1. The minimum absolute atomic E-state index is 0.372. The zero-order chi connectivity index (χ0) is 14.7. The van der Waals surface area contributed by atoms with Crippen LogP contribution in [0.3, 0.4) is 0 Å². The summed E-state index contributed by atoms with van der Waals surface area (Å²) < 4.78 is 5.28. The Bertz CT molecular complexity index is 573. The molecule has 0 saturated carbocycles. The number of hydrogen-bond acceptors (Lipinski definition) is 4. The highest BCUT2D eigenvalue weighted by Gasteiger charge is 2.27. The molecule has 0 amide bonds. The molecule has 21 heavy (non-hydrogen) atoms. The van der Waals surface area contributed by atoms with Gasteiger partial charge in [-0.05, 0) is 55.6 Å². The first-order chi connectivity index (χ1) is 10.2. The van der Waals surface area contributed by atoms with Crippen molar-refractivity contribution in [2.24, 2.45) is 0 Å². The normalized spacial score (nSPS) is 20.8. The number of halogens is 1. The lowest BCUT2D eigenvalue weighted by Crippen LogP contribution is -2.30. The molecule has 1 fully saturated rings. The predicted molar refractivity (Wildman–Crippen MR) is 81.0 cm³/mol. The maximum Gasteiger partial charge on any atom is 0.132 e. The van der Waals surface area contributed by atoms with Crippen molar-refractivity contribution in [3.8, 4) is 0 Å². The average molecular weight is 307 g/mol. The highest BCUT2D eigenvalue weighted by molar-refractivity contribution is 6.29. The van der Waals surface area contributed by atoms with E-state index in [1.165, 1.54) is 0 Å². The van der Waals surface area contributed by atoms with Gasteiger partial charge in [-0.2, -0.15) is 0 Å². The minimum Gasteiger partial charge on any atom is -0.467 e. The Morgan fingerprint density at radius 1 is 1.48 bits per heavy atom. The van der Waals surface area contributed by atoms with Crippen LogP contribution in [0.4, 0.5) is 0 Å². The van der Waals surface area contributed by atoms with Crippen molar-refractivity contribution < 1.29 is 9.52 Å². The van der Waals surface area contributed by atoms with Gasteiger partial charge in [-0.1, -0.05) is 11.6 Å². The summed E-state index contributed by atoms with van der Waals surface area (Å²) >= 11 is 5.94. The Morgan fingerprint density at radius 2 is 2.38 bits per heavy atom. The Labute approximate surface area is 129 Å². The number of aliphatic hydroxyl groups excluding tert-OH is 1. The van der Waals surface area contributed by atoms with Crippen molar-refractivity contribution in [3.63, 3.8) is 0 Å². The second-order valence-corrected chi connectivity index (χ2v) is 5.91. The number of rotatable bonds is 5. The highest BCUT2D eigenvalue weighted by Crippen LogP contribution is 2.28.